The average Bonchev–Trinajstić information content (AvgIpc) is 2.38. The molecule has 1 aliphatic carbocycles. The first-order valence-electron chi connectivity index (χ1n) is 7.36. The maximum Gasteiger partial charge on any atom is 0.234 e. The van der Waals surface area contributed by atoms with Gasteiger partial charge in [-0.1, -0.05) is 19.8 Å². The molecule has 1 aliphatic rings. The molecule has 4 nitrogen and oxygen atoms in total. The molecule has 1 aromatic heterocycles. The molecule has 1 aromatic rings. The van der Waals surface area contributed by atoms with E-state index in [1.807, 2.05) is 13.8 Å². The topological polar surface area (TPSA) is 47.0 Å². The van der Waals surface area contributed by atoms with Gasteiger partial charge in [0, 0.05) is 5.88 Å². The van der Waals surface area contributed by atoms with Gasteiger partial charge in [-0.25, -0.2) is 0 Å². The summed E-state index contributed by atoms with van der Waals surface area (Å²) in [6.07, 6.45) is 8.11. The molecule has 0 radical (unpaired) electrons. The Morgan fingerprint density at radius 1 is 1.50 bits per heavy atom. The quantitative estimate of drug-likeness (QED) is 0.838. The highest BCUT2D eigenvalue weighted by atomic mass is 35.5. The molecule has 2 rings (SSSR count). The van der Waals surface area contributed by atoms with Gasteiger partial charge in [0.15, 0.2) is 0 Å². The first-order chi connectivity index (χ1) is 9.53. The maximum atomic E-state index is 6.23. The van der Waals surface area contributed by atoms with Gasteiger partial charge < -0.3 is 10.1 Å². The molecular weight excluding hydrogens is 274 g/mol. The molecule has 1 N–H and O–H groups in total. The van der Waals surface area contributed by atoms with Gasteiger partial charge in [0.1, 0.15) is 5.82 Å². The Morgan fingerprint density at radius 3 is 2.95 bits per heavy atom. The lowest BCUT2D eigenvalue weighted by atomic mass is 9.77. The Labute approximate surface area is 126 Å². The molecule has 5 heteroatoms. The van der Waals surface area contributed by atoms with Crippen LogP contribution in [0.1, 0.15) is 46.5 Å². The normalized spacial score (nSPS) is 26.6. The fourth-order valence-electron chi connectivity index (χ4n) is 2.91. The average molecular weight is 298 g/mol. The van der Waals surface area contributed by atoms with Gasteiger partial charge in [-0.05, 0) is 32.6 Å². The number of hydrogen-bond donors (Lipinski definition) is 1. The van der Waals surface area contributed by atoms with Crippen LogP contribution >= 0.6 is 11.6 Å². The second-order valence-corrected chi connectivity index (χ2v) is 6.42. The van der Waals surface area contributed by atoms with Crippen LogP contribution in [-0.2, 0) is 0 Å². The van der Waals surface area contributed by atoms with Crippen molar-refractivity contribution in [3.05, 3.63) is 12.4 Å². The minimum atomic E-state index is -0.0651. The third-order valence-corrected chi connectivity index (χ3v) is 4.22. The second-order valence-electron chi connectivity index (χ2n) is 6.15. The molecular formula is C15H24ClN3O. The molecule has 0 aliphatic heterocycles. The van der Waals surface area contributed by atoms with Crippen LogP contribution in [0.2, 0.25) is 0 Å². The van der Waals surface area contributed by atoms with Crippen molar-refractivity contribution in [2.75, 3.05) is 11.2 Å². The summed E-state index contributed by atoms with van der Waals surface area (Å²) in [5, 5.41) is 3.50. The van der Waals surface area contributed by atoms with Crippen LogP contribution in [0.3, 0.4) is 0 Å². The summed E-state index contributed by atoms with van der Waals surface area (Å²) in [6, 6.07) is 0. The van der Waals surface area contributed by atoms with Crippen molar-refractivity contribution in [2.24, 2.45) is 5.92 Å². The lowest BCUT2D eigenvalue weighted by Crippen LogP contribution is -2.44. The van der Waals surface area contributed by atoms with E-state index in [9.17, 15) is 0 Å². The smallest absolute Gasteiger partial charge is 0.234 e. The number of anilines is 1. The zero-order chi connectivity index (χ0) is 14.6. The predicted octanol–water partition coefficient (Wildman–Crippen LogP) is 3.86. The summed E-state index contributed by atoms with van der Waals surface area (Å²) in [4.78, 5) is 8.67. The van der Waals surface area contributed by atoms with Gasteiger partial charge in [-0.2, -0.15) is 4.98 Å². The molecule has 0 spiro atoms. The molecule has 20 heavy (non-hydrogen) atoms. The highest BCUT2D eigenvalue weighted by molar-refractivity contribution is 6.18. The number of aromatic nitrogens is 2. The number of nitrogens with zero attached hydrogens (tertiary/aromatic N) is 2. The molecule has 112 valence electrons. The van der Waals surface area contributed by atoms with E-state index in [-0.39, 0.29) is 11.6 Å². The summed E-state index contributed by atoms with van der Waals surface area (Å²) < 4.78 is 5.59. The highest BCUT2D eigenvalue weighted by Gasteiger charge is 2.34. The summed E-state index contributed by atoms with van der Waals surface area (Å²) in [7, 11) is 0. The molecule has 1 heterocycles. The van der Waals surface area contributed by atoms with Gasteiger partial charge >= 0.3 is 0 Å². The van der Waals surface area contributed by atoms with Gasteiger partial charge in [-0.3, -0.25) is 4.98 Å². The van der Waals surface area contributed by atoms with Crippen molar-refractivity contribution >= 4 is 17.4 Å². The van der Waals surface area contributed by atoms with Crippen molar-refractivity contribution in [3.8, 4) is 5.88 Å². The molecule has 1 fully saturated rings. The lowest BCUT2D eigenvalue weighted by molar-refractivity contribution is 0.231. The minimum absolute atomic E-state index is 0.0651. The third kappa shape index (κ3) is 3.98. The fraction of sp³-hybridized carbons (Fsp3) is 0.733. The van der Waals surface area contributed by atoms with Crippen molar-refractivity contribution in [1.29, 1.82) is 0 Å². The second kappa shape index (κ2) is 6.61. The first-order valence-corrected chi connectivity index (χ1v) is 7.89. The van der Waals surface area contributed by atoms with E-state index >= 15 is 0 Å². The molecule has 0 saturated heterocycles. The largest absolute Gasteiger partial charge is 0.474 e. The van der Waals surface area contributed by atoms with Crippen molar-refractivity contribution in [1.82, 2.24) is 9.97 Å². The van der Waals surface area contributed by atoms with Crippen molar-refractivity contribution in [3.63, 3.8) is 0 Å². The van der Waals surface area contributed by atoms with Gasteiger partial charge in [0.05, 0.1) is 24.0 Å². The Morgan fingerprint density at radius 2 is 2.30 bits per heavy atom. The van der Waals surface area contributed by atoms with E-state index in [4.69, 9.17) is 16.3 Å². The number of rotatable bonds is 5. The van der Waals surface area contributed by atoms with Crippen LogP contribution in [0, 0.1) is 5.92 Å². The molecule has 2 unspecified atom stereocenters. The Hall–Kier alpha value is -1.03. The predicted molar refractivity (Wildman–Crippen MR) is 82.5 cm³/mol. The molecule has 0 aromatic carbocycles. The SMILES string of the molecule is CC1CCCC(CCl)(Nc2cncc(OC(C)C)n2)C1. The number of hydrogen-bond acceptors (Lipinski definition) is 4. The highest BCUT2D eigenvalue weighted by Crippen LogP contribution is 2.35. The van der Waals surface area contributed by atoms with Crippen LogP contribution in [0.25, 0.3) is 0 Å². The summed E-state index contributed by atoms with van der Waals surface area (Å²) in [6.45, 7) is 6.24. The van der Waals surface area contributed by atoms with Gasteiger partial charge in [0.25, 0.3) is 0 Å². The first kappa shape index (κ1) is 15.4. The van der Waals surface area contributed by atoms with Crippen LogP contribution in [0.4, 0.5) is 5.82 Å². The van der Waals surface area contributed by atoms with Crippen molar-refractivity contribution in [2.45, 2.75) is 58.1 Å². The van der Waals surface area contributed by atoms with E-state index in [1.54, 1.807) is 12.4 Å². The molecule has 0 bridgehead atoms. The standard InChI is InChI=1S/C15H24ClN3O/c1-11(2)20-14-9-17-8-13(18-14)19-15(10-16)6-4-5-12(3)7-15/h8-9,11-12H,4-7,10H2,1-3H3,(H,18,19). The third-order valence-electron chi connectivity index (χ3n) is 3.71. The van der Waals surface area contributed by atoms with Gasteiger partial charge in [-0.15, -0.1) is 11.6 Å². The molecule has 1 saturated carbocycles. The number of ether oxygens (including phenoxy) is 1. The minimum Gasteiger partial charge on any atom is -0.474 e. The van der Waals surface area contributed by atoms with Crippen LogP contribution in [0.5, 0.6) is 5.88 Å². The van der Waals surface area contributed by atoms with E-state index < -0.39 is 0 Å². The van der Waals surface area contributed by atoms with E-state index in [0.29, 0.717) is 17.7 Å². The maximum absolute atomic E-state index is 6.23. The number of halogens is 1. The Kier molecular flexibility index (Phi) is 5.08. The number of nitrogens with one attached hydrogen (secondary N) is 1. The van der Waals surface area contributed by atoms with E-state index in [0.717, 1.165) is 18.7 Å². The summed E-state index contributed by atoms with van der Waals surface area (Å²) in [5.74, 6) is 2.59. The van der Waals surface area contributed by atoms with Crippen molar-refractivity contribution < 1.29 is 4.74 Å². The number of alkyl halides is 1. The van der Waals surface area contributed by atoms with E-state index in [1.165, 1.54) is 12.8 Å². The molecule has 2 atom stereocenters. The lowest BCUT2D eigenvalue weighted by Gasteiger charge is -2.39. The zero-order valence-corrected chi connectivity index (χ0v) is 13.3. The van der Waals surface area contributed by atoms with Gasteiger partial charge in [0.2, 0.25) is 5.88 Å². The zero-order valence-electron chi connectivity index (χ0n) is 12.5. The van der Waals surface area contributed by atoms with Crippen LogP contribution in [-0.4, -0.2) is 27.5 Å². The summed E-state index contributed by atoms with van der Waals surface area (Å²) >= 11 is 6.23. The fourth-order valence-corrected chi connectivity index (χ4v) is 3.22. The monoisotopic (exact) mass is 297 g/mol. The Bertz CT molecular complexity index is 441. The van der Waals surface area contributed by atoms with Crippen LogP contribution in [0.15, 0.2) is 12.4 Å². The summed E-state index contributed by atoms with van der Waals surface area (Å²) in [5.41, 5.74) is -0.0651. The Balaban J connectivity index is 2.11. The van der Waals surface area contributed by atoms with Crippen LogP contribution < -0.4 is 10.1 Å². The van der Waals surface area contributed by atoms with E-state index in [2.05, 4.69) is 22.2 Å². The molecule has 0 amide bonds.